The zero-order chi connectivity index (χ0) is 8.97. The summed E-state index contributed by atoms with van der Waals surface area (Å²) >= 11 is 5.04. The first-order valence-electron chi connectivity index (χ1n) is 3.38. The van der Waals surface area contributed by atoms with E-state index in [-0.39, 0.29) is 6.54 Å². The molecule has 12 heavy (non-hydrogen) atoms. The lowest BCUT2D eigenvalue weighted by atomic mass is 10.3. The maximum absolute atomic E-state index is 11.1. The third-order valence-electron chi connectivity index (χ3n) is 1.31. The van der Waals surface area contributed by atoms with Gasteiger partial charge >= 0.3 is 0 Å². The van der Waals surface area contributed by atoms with Crippen molar-refractivity contribution in [3.63, 3.8) is 0 Å². The number of halogens is 1. The summed E-state index contributed by atoms with van der Waals surface area (Å²) in [4.78, 5) is 21.4. The predicted molar refractivity (Wildman–Crippen MR) is 45.5 cm³/mol. The maximum Gasteiger partial charge on any atom is 0.291 e. The summed E-state index contributed by atoms with van der Waals surface area (Å²) in [6, 6.07) is 8.47. The first kappa shape index (κ1) is 8.87. The molecular weight excluding hydrogens is 178 g/mol. The Labute approximate surface area is 74.5 Å². The number of nitrogens with zero attached hydrogens (tertiary/aromatic N) is 1. The van der Waals surface area contributed by atoms with Crippen molar-refractivity contribution < 1.29 is 9.55 Å². The van der Waals surface area contributed by atoms with Crippen molar-refractivity contribution >= 4 is 22.5 Å². The van der Waals surface area contributed by atoms with Gasteiger partial charge in [-0.05, 0) is 11.6 Å². The molecule has 0 fully saturated rings. The van der Waals surface area contributed by atoms with Crippen molar-refractivity contribution in [2.75, 3.05) is 6.54 Å². The van der Waals surface area contributed by atoms with Gasteiger partial charge in [0.1, 0.15) is 0 Å². The number of nitroso groups, excluding NO2 is 1. The van der Waals surface area contributed by atoms with Crippen LogP contribution in [-0.4, -0.2) is 16.5 Å². The highest BCUT2D eigenvalue weighted by atomic mass is 35.5. The molecule has 0 aromatic heterocycles. The van der Waals surface area contributed by atoms with Crippen molar-refractivity contribution in [1.82, 2.24) is 0 Å². The Morgan fingerprint density at radius 1 is 1.33 bits per heavy atom. The second-order valence-electron chi connectivity index (χ2n) is 2.23. The van der Waals surface area contributed by atoms with Crippen molar-refractivity contribution in [3.05, 3.63) is 35.2 Å². The van der Waals surface area contributed by atoms with E-state index in [1.807, 2.05) is 0 Å². The first-order valence-corrected chi connectivity index (χ1v) is 3.76. The minimum Gasteiger partial charge on any atom is -0.274 e. The van der Waals surface area contributed by atoms with E-state index in [4.69, 9.17) is 11.6 Å². The van der Waals surface area contributed by atoms with Crippen LogP contribution in [0.2, 0.25) is 0 Å². The number of rotatable bonds is 3. The number of carbonyl (C=O) groups is 1. The Hall–Kier alpha value is -1.22. The third kappa shape index (κ3) is 2.43. The predicted octanol–water partition coefficient (Wildman–Crippen LogP) is 1.86. The largest absolute Gasteiger partial charge is 0.291 e. The summed E-state index contributed by atoms with van der Waals surface area (Å²) in [5.74, 6) is 0. The van der Waals surface area contributed by atoms with E-state index in [2.05, 4.69) is 0 Å². The SMILES string of the molecule is O=C(Cl)C[N+](=O)c1ccccc1. The van der Waals surface area contributed by atoms with E-state index in [1.54, 1.807) is 30.3 Å². The Bertz CT molecular complexity index is 297. The fraction of sp³-hybridized carbons (Fsp3) is 0.125. The second kappa shape index (κ2) is 3.97. The molecule has 1 rings (SSSR count). The van der Waals surface area contributed by atoms with Crippen molar-refractivity contribution in [2.45, 2.75) is 0 Å². The fourth-order valence-corrected chi connectivity index (χ4v) is 0.907. The van der Waals surface area contributed by atoms with Crippen molar-refractivity contribution in [1.29, 1.82) is 0 Å². The van der Waals surface area contributed by atoms with Gasteiger partial charge in [-0.2, -0.15) is 0 Å². The highest BCUT2D eigenvalue weighted by molar-refractivity contribution is 6.63. The van der Waals surface area contributed by atoms with Crippen LogP contribution in [0.5, 0.6) is 0 Å². The average Bonchev–Trinajstić information content (AvgIpc) is 2.05. The van der Waals surface area contributed by atoms with E-state index in [0.717, 1.165) is 0 Å². The molecule has 0 heterocycles. The van der Waals surface area contributed by atoms with Crippen molar-refractivity contribution in [2.24, 2.45) is 0 Å². The number of para-hydroxylation sites is 1. The van der Waals surface area contributed by atoms with Gasteiger partial charge in [0.15, 0.2) is 0 Å². The molecule has 0 N–H and O–H groups in total. The Kier molecular flexibility index (Phi) is 2.94. The topological polar surface area (TPSA) is 37.1 Å². The Balaban J connectivity index is 2.73. The fourth-order valence-electron chi connectivity index (χ4n) is 0.798. The van der Waals surface area contributed by atoms with Crippen LogP contribution in [0.15, 0.2) is 30.3 Å². The standard InChI is InChI=1S/C8H7ClNO2/c9-8(11)6-10(12)7-4-2-1-3-5-7/h1-5H,6H2/q+1. The lowest BCUT2D eigenvalue weighted by molar-refractivity contribution is -0.449. The van der Waals surface area contributed by atoms with E-state index in [0.29, 0.717) is 10.4 Å². The molecule has 0 aliphatic heterocycles. The Morgan fingerprint density at radius 2 is 1.92 bits per heavy atom. The van der Waals surface area contributed by atoms with Crippen molar-refractivity contribution in [3.8, 4) is 0 Å². The molecule has 0 aliphatic rings. The zero-order valence-electron chi connectivity index (χ0n) is 6.24. The molecule has 1 aromatic carbocycles. The Morgan fingerprint density at radius 3 is 2.42 bits per heavy atom. The van der Waals surface area contributed by atoms with Crippen LogP contribution in [0.3, 0.4) is 0 Å². The first-order chi connectivity index (χ1) is 5.70. The minimum absolute atomic E-state index is 0.314. The molecular formula is C8H7ClNO2+. The summed E-state index contributed by atoms with van der Waals surface area (Å²) in [6.07, 6.45) is 0. The van der Waals surface area contributed by atoms with Crippen LogP contribution >= 0.6 is 11.6 Å². The van der Waals surface area contributed by atoms with Crippen LogP contribution in [0.4, 0.5) is 5.69 Å². The van der Waals surface area contributed by atoms with E-state index >= 15 is 0 Å². The highest BCUT2D eigenvalue weighted by Crippen LogP contribution is 2.09. The number of hydrogen-bond donors (Lipinski definition) is 0. The second-order valence-corrected chi connectivity index (χ2v) is 2.65. The summed E-state index contributed by atoms with van der Waals surface area (Å²) in [7, 11) is 0. The smallest absolute Gasteiger partial charge is 0.274 e. The normalized spacial score (nSPS) is 9.42. The quantitative estimate of drug-likeness (QED) is 0.531. The molecule has 4 heteroatoms. The number of carbonyl (C=O) groups excluding carboxylic acids is 1. The van der Waals surface area contributed by atoms with Crippen LogP contribution in [0.1, 0.15) is 0 Å². The van der Waals surface area contributed by atoms with Crippen LogP contribution < -0.4 is 0 Å². The van der Waals surface area contributed by atoms with Gasteiger partial charge in [0, 0.05) is 21.8 Å². The molecule has 0 aliphatic carbocycles. The molecule has 0 saturated heterocycles. The molecule has 0 saturated carbocycles. The van der Waals surface area contributed by atoms with Gasteiger partial charge in [-0.25, -0.2) is 0 Å². The van der Waals surface area contributed by atoms with Crippen LogP contribution in [0.25, 0.3) is 0 Å². The van der Waals surface area contributed by atoms with Gasteiger partial charge in [0.2, 0.25) is 0 Å². The average molecular weight is 185 g/mol. The molecule has 0 unspecified atom stereocenters. The summed E-state index contributed by atoms with van der Waals surface area (Å²) in [6.45, 7) is -0.314. The van der Waals surface area contributed by atoms with E-state index in [9.17, 15) is 9.70 Å². The van der Waals surface area contributed by atoms with Gasteiger partial charge in [-0.1, -0.05) is 18.2 Å². The van der Waals surface area contributed by atoms with E-state index < -0.39 is 5.24 Å². The van der Waals surface area contributed by atoms with Crippen LogP contribution in [-0.2, 0) is 4.79 Å². The summed E-state index contributed by atoms with van der Waals surface area (Å²) in [5.41, 5.74) is 0.437. The minimum atomic E-state index is -0.658. The van der Waals surface area contributed by atoms with Gasteiger partial charge < -0.3 is 0 Å². The molecule has 62 valence electrons. The summed E-state index contributed by atoms with van der Waals surface area (Å²) < 4.78 is 0.551. The molecule has 0 amide bonds. The summed E-state index contributed by atoms with van der Waals surface area (Å²) in [5, 5.41) is -0.658. The monoisotopic (exact) mass is 184 g/mol. The third-order valence-corrected chi connectivity index (χ3v) is 1.43. The molecule has 0 spiro atoms. The molecule has 0 radical (unpaired) electrons. The number of hydrogen-bond acceptors (Lipinski definition) is 2. The van der Waals surface area contributed by atoms with E-state index in [1.165, 1.54) is 0 Å². The lowest BCUT2D eigenvalue weighted by Crippen LogP contribution is -2.08. The van der Waals surface area contributed by atoms with Gasteiger partial charge in [-0.3, -0.25) is 4.79 Å². The maximum atomic E-state index is 11.1. The van der Waals surface area contributed by atoms with Crippen LogP contribution in [0, 0.1) is 4.91 Å². The van der Waals surface area contributed by atoms with Gasteiger partial charge in [-0.15, -0.1) is 0 Å². The molecule has 1 aromatic rings. The molecule has 3 nitrogen and oxygen atoms in total. The van der Waals surface area contributed by atoms with Gasteiger partial charge in [0.05, 0.1) is 0 Å². The zero-order valence-corrected chi connectivity index (χ0v) is 6.99. The highest BCUT2D eigenvalue weighted by Gasteiger charge is 2.15. The van der Waals surface area contributed by atoms with Gasteiger partial charge in [0.25, 0.3) is 17.5 Å². The number of benzene rings is 1. The lowest BCUT2D eigenvalue weighted by Gasteiger charge is -1.87. The molecule has 0 atom stereocenters. The molecule has 0 bridgehead atoms.